The molecule has 0 saturated carbocycles. The Hall–Kier alpha value is -1.75. The number of rotatable bonds is 4. The van der Waals surface area contributed by atoms with Crippen molar-refractivity contribution in [1.82, 2.24) is 10.2 Å². The maximum atomic E-state index is 12.3. The van der Waals surface area contributed by atoms with Crippen LogP contribution in [0.5, 0.6) is 5.75 Å². The van der Waals surface area contributed by atoms with Crippen LogP contribution >= 0.6 is 11.6 Å². The Labute approximate surface area is 129 Å². The third-order valence-electron chi connectivity index (χ3n) is 3.56. The van der Waals surface area contributed by atoms with Crippen molar-refractivity contribution in [1.29, 1.82) is 0 Å². The Morgan fingerprint density at radius 1 is 1.43 bits per heavy atom. The van der Waals surface area contributed by atoms with Crippen molar-refractivity contribution in [3.05, 3.63) is 29.3 Å². The lowest BCUT2D eigenvalue weighted by Gasteiger charge is -2.41. The lowest BCUT2D eigenvalue weighted by Crippen LogP contribution is -2.63. The Morgan fingerprint density at radius 2 is 2.14 bits per heavy atom. The Bertz CT molecular complexity index is 545. The van der Waals surface area contributed by atoms with E-state index >= 15 is 0 Å². The molecule has 0 radical (unpaired) electrons. The van der Waals surface area contributed by atoms with Crippen LogP contribution in [-0.4, -0.2) is 41.9 Å². The van der Waals surface area contributed by atoms with Gasteiger partial charge in [-0.2, -0.15) is 0 Å². The number of piperazine rings is 1. The maximum absolute atomic E-state index is 12.3. The van der Waals surface area contributed by atoms with Gasteiger partial charge in [0.2, 0.25) is 11.8 Å². The number of nitrogens with zero attached hydrogens (tertiary/aromatic N) is 1. The summed E-state index contributed by atoms with van der Waals surface area (Å²) in [4.78, 5) is 25.7. The van der Waals surface area contributed by atoms with Crippen LogP contribution in [-0.2, 0) is 9.59 Å². The number of carbonyl (C=O) groups is 2. The minimum absolute atomic E-state index is 0.0955. The molecule has 21 heavy (non-hydrogen) atoms. The summed E-state index contributed by atoms with van der Waals surface area (Å²) in [7, 11) is 0. The standard InChI is InChI=1S/C15H19ClN2O3/c1-15(2)14(20)17-8-9-18(15)13(19)7-10-21-12-6-4-3-5-11(12)16/h3-6H,7-10H2,1-2H3,(H,17,20). The van der Waals surface area contributed by atoms with Crippen LogP contribution < -0.4 is 10.1 Å². The van der Waals surface area contributed by atoms with Crippen LogP contribution in [0.25, 0.3) is 0 Å². The van der Waals surface area contributed by atoms with Gasteiger partial charge in [-0.05, 0) is 26.0 Å². The molecule has 1 aromatic rings. The molecule has 114 valence electrons. The monoisotopic (exact) mass is 310 g/mol. The van der Waals surface area contributed by atoms with Crippen molar-refractivity contribution < 1.29 is 14.3 Å². The van der Waals surface area contributed by atoms with Crippen molar-refractivity contribution >= 4 is 23.4 Å². The molecule has 0 unspecified atom stereocenters. The number of ether oxygens (including phenoxy) is 1. The quantitative estimate of drug-likeness (QED) is 0.923. The molecule has 0 bridgehead atoms. The molecule has 2 amide bonds. The number of hydrogen-bond donors (Lipinski definition) is 1. The van der Waals surface area contributed by atoms with E-state index in [1.54, 1.807) is 30.9 Å². The van der Waals surface area contributed by atoms with E-state index in [1.165, 1.54) is 0 Å². The lowest BCUT2D eigenvalue weighted by molar-refractivity contribution is -0.149. The van der Waals surface area contributed by atoms with E-state index in [0.29, 0.717) is 23.9 Å². The van der Waals surface area contributed by atoms with Gasteiger partial charge < -0.3 is 15.0 Å². The number of carbonyl (C=O) groups excluding carboxylic acids is 2. The number of hydrogen-bond acceptors (Lipinski definition) is 3. The molecule has 6 heteroatoms. The van der Waals surface area contributed by atoms with Crippen molar-refractivity contribution in [2.45, 2.75) is 25.8 Å². The highest BCUT2D eigenvalue weighted by Gasteiger charge is 2.39. The van der Waals surface area contributed by atoms with E-state index in [4.69, 9.17) is 16.3 Å². The molecule has 2 rings (SSSR count). The average Bonchev–Trinajstić information content (AvgIpc) is 2.43. The summed E-state index contributed by atoms with van der Waals surface area (Å²) in [5, 5.41) is 3.28. The molecular formula is C15H19ClN2O3. The van der Waals surface area contributed by atoms with Crippen LogP contribution in [0.2, 0.25) is 5.02 Å². The van der Waals surface area contributed by atoms with Crippen LogP contribution in [0.3, 0.4) is 0 Å². The van der Waals surface area contributed by atoms with Gasteiger partial charge in [0.15, 0.2) is 0 Å². The minimum Gasteiger partial charge on any atom is -0.491 e. The molecule has 1 N–H and O–H groups in total. The Kier molecular flexibility index (Phi) is 4.73. The predicted molar refractivity (Wildman–Crippen MR) is 80.4 cm³/mol. The summed E-state index contributed by atoms with van der Waals surface area (Å²) in [6.07, 6.45) is 0.210. The second-order valence-electron chi connectivity index (χ2n) is 5.39. The van der Waals surface area contributed by atoms with Crippen molar-refractivity contribution in [3.8, 4) is 5.75 Å². The van der Waals surface area contributed by atoms with Gasteiger partial charge >= 0.3 is 0 Å². The van der Waals surface area contributed by atoms with E-state index in [2.05, 4.69) is 5.32 Å². The first-order chi connectivity index (χ1) is 9.93. The van der Waals surface area contributed by atoms with Gasteiger partial charge in [-0.1, -0.05) is 23.7 Å². The zero-order valence-corrected chi connectivity index (χ0v) is 12.9. The molecule has 0 aromatic heterocycles. The summed E-state index contributed by atoms with van der Waals surface area (Å²) >= 11 is 5.98. The summed E-state index contributed by atoms with van der Waals surface area (Å²) in [6, 6.07) is 7.12. The second kappa shape index (κ2) is 6.35. The highest BCUT2D eigenvalue weighted by atomic mass is 35.5. The second-order valence-corrected chi connectivity index (χ2v) is 5.80. The minimum atomic E-state index is -0.820. The summed E-state index contributed by atoms with van der Waals surface area (Å²) in [5.41, 5.74) is -0.820. The lowest BCUT2D eigenvalue weighted by atomic mass is 9.98. The van der Waals surface area contributed by atoms with Gasteiger partial charge in [0, 0.05) is 13.1 Å². The highest BCUT2D eigenvalue weighted by Crippen LogP contribution is 2.23. The molecule has 1 aromatic carbocycles. The zero-order valence-electron chi connectivity index (χ0n) is 12.2. The van der Waals surface area contributed by atoms with E-state index in [9.17, 15) is 9.59 Å². The van der Waals surface area contributed by atoms with Crippen LogP contribution in [0.4, 0.5) is 0 Å². The van der Waals surface area contributed by atoms with E-state index < -0.39 is 5.54 Å². The molecule has 1 aliphatic heterocycles. The number of nitrogens with one attached hydrogen (secondary N) is 1. The molecule has 1 aliphatic rings. The normalized spacial score (nSPS) is 17.3. The van der Waals surface area contributed by atoms with E-state index in [0.717, 1.165) is 0 Å². The summed E-state index contributed by atoms with van der Waals surface area (Å²) < 4.78 is 5.51. The van der Waals surface area contributed by atoms with Gasteiger partial charge in [0.1, 0.15) is 11.3 Å². The first-order valence-electron chi connectivity index (χ1n) is 6.89. The van der Waals surface area contributed by atoms with E-state index in [1.807, 2.05) is 12.1 Å². The summed E-state index contributed by atoms with van der Waals surface area (Å²) in [5.74, 6) is 0.332. The van der Waals surface area contributed by atoms with Crippen LogP contribution in [0.15, 0.2) is 24.3 Å². The first-order valence-corrected chi connectivity index (χ1v) is 7.27. The molecule has 0 atom stereocenters. The number of benzene rings is 1. The van der Waals surface area contributed by atoms with Crippen LogP contribution in [0, 0.1) is 0 Å². The molecule has 1 fully saturated rings. The van der Waals surface area contributed by atoms with Gasteiger partial charge in [0.05, 0.1) is 18.1 Å². The van der Waals surface area contributed by atoms with Gasteiger partial charge in [-0.15, -0.1) is 0 Å². The summed E-state index contributed by atoms with van der Waals surface area (Å²) in [6.45, 7) is 4.72. The molecule has 1 heterocycles. The van der Waals surface area contributed by atoms with E-state index in [-0.39, 0.29) is 24.8 Å². The number of para-hydroxylation sites is 1. The van der Waals surface area contributed by atoms with Crippen molar-refractivity contribution in [2.75, 3.05) is 19.7 Å². The fourth-order valence-corrected chi connectivity index (χ4v) is 2.47. The van der Waals surface area contributed by atoms with Gasteiger partial charge in [-0.3, -0.25) is 9.59 Å². The third-order valence-corrected chi connectivity index (χ3v) is 3.87. The van der Waals surface area contributed by atoms with Crippen LogP contribution in [0.1, 0.15) is 20.3 Å². The third kappa shape index (κ3) is 3.47. The molecule has 1 saturated heterocycles. The van der Waals surface area contributed by atoms with Crippen molar-refractivity contribution in [2.24, 2.45) is 0 Å². The predicted octanol–water partition coefficient (Wildman–Crippen LogP) is 1.85. The topological polar surface area (TPSA) is 58.6 Å². The first kappa shape index (κ1) is 15.6. The number of amides is 2. The Morgan fingerprint density at radius 3 is 2.86 bits per heavy atom. The Balaban J connectivity index is 1.90. The average molecular weight is 311 g/mol. The molecular weight excluding hydrogens is 292 g/mol. The fourth-order valence-electron chi connectivity index (χ4n) is 2.28. The zero-order chi connectivity index (χ0) is 15.5. The molecule has 0 aliphatic carbocycles. The SMILES string of the molecule is CC1(C)C(=O)NCCN1C(=O)CCOc1ccccc1Cl. The largest absolute Gasteiger partial charge is 0.491 e. The highest BCUT2D eigenvalue weighted by molar-refractivity contribution is 6.32. The van der Waals surface area contributed by atoms with Gasteiger partial charge in [-0.25, -0.2) is 0 Å². The number of halogens is 1. The van der Waals surface area contributed by atoms with Gasteiger partial charge in [0.25, 0.3) is 0 Å². The fraction of sp³-hybridized carbons (Fsp3) is 0.467. The smallest absolute Gasteiger partial charge is 0.245 e. The molecule has 5 nitrogen and oxygen atoms in total. The molecule has 0 spiro atoms. The maximum Gasteiger partial charge on any atom is 0.245 e. The van der Waals surface area contributed by atoms with Crippen molar-refractivity contribution in [3.63, 3.8) is 0 Å².